The molecule has 0 aliphatic rings. The molecule has 98 valence electrons. The highest BCUT2D eigenvalue weighted by Gasteiger charge is 2.08. The smallest absolute Gasteiger partial charge is 0.133 e. The van der Waals surface area contributed by atoms with Crippen molar-refractivity contribution in [2.75, 3.05) is 12.4 Å². The van der Waals surface area contributed by atoms with Gasteiger partial charge in [-0.05, 0) is 49.6 Å². The Labute approximate surface area is 113 Å². The summed E-state index contributed by atoms with van der Waals surface area (Å²) in [5, 5.41) is 4.71. The second-order valence-electron chi connectivity index (χ2n) is 4.58. The van der Waals surface area contributed by atoms with Gasteiger partial charge in [0.25, 0.3) is 0 Å². The first kappa shape index (κ1) is 13.4. The summed E-state index contributed by atoms with van der Waals surface area (Å²) >= 11 is 5.77. The molecule has 2 nitrogen and oxygen atoms in total. The van der Waals surface area contributed by atoms with Crippen LogP contribution in [-0.2, 0) is 6.42 Å². The van der Waals surface area contributed by atoms with Crippen molar-refractivity contribution in [2.24, 2.45) is 0 Å². The highest BCUT2D eigenvalue weighted by Crippen LogP contribution is 2.18. The Morgan fingerprint density at radius 1 is 1.33 bits per heavy atom. The molecule has 1 aromatic carbocycles. The summed E-state index contributed by atoms with van der Waals surface area (Å²) in [6, 6.07) is 8.94. The van der Waals surface area contributed by atoms with Crippen LogP contribution in [0.15, 0.2) is 34.9 Å². The molecule has 18 heavy (non-hydrogen) atoms. The van der Waals surface area contributed by atoms with E-state index in [0.29, 0.717) is 6.04 Å². The molecule has 0 spiro atoms. The van der Waals surface area contributed by atoms with Gasteiger partial charge < -0.3 is 9.73 Å². The Morgan fingerprint density at radius 3 is 3.00 bits per heavy atom. The van der Waals surface area contributed by atoms with Crippen molar-refractivity contribution < 1.29 is 4.42 Å². The molecule has 0 aliphatic heterocycles. The fourth-order valence-electron chi connectivity index (χ4n) is 2.32. The lowest BCUT2D eigenvalue weighted by Gasteiger charge is -2.17. The molecule has 1 unspecified atom stereocenters. The van der Waals surface area contributed by atoms with Gasteiger partial charge in [0.15, 0.2) is 0 Å². The normalized spacial score (nSPS) is 13.0. The summed E-state index contributed by atoms with van der Waals surface area (Å²) in [5.41, 5.74) is 2.31. The van der Waals surface area contributed by atoms with Crippen LogP contribution in [0.2, 0.25) is 0 Å². The van der Waals surface area contributed by atoms with Crippen LogP contribution >= 0.6 is 11.6 Å². The summed E-state index contributed by atoms with van der Waals surface area (Å²) < 4.78 is 5.36. The molecule has 0 amide bonds. The van der Waals surface area contributed by atoms with Gasteiger partial charge in [-0.15, -0.1) is 11.6 Å². The molecular weight excluding hydrogens is 246 g/mol. The number of nitrogens with one attached hydrogen (secondary N) is 1. The zero-order valence-electron chi connectivity index (χ0n) is 10.8. The van der Waals surface area contributed by atoms with Crippen molar-refractivity contribution in [1.29, 1.82) is 0 Å². The van der Waals surface area contributed by atoms with E-state index >= 15 is 0 Å². The van der Waals surface area contributed by atoms with Gasteiger partial charge in [0, 0.05) is 17.3 Å². The van der Waals surface area contributed by atoms with Gasteiger partial charge in [0.1, 0.15) is 5.58 Å². The standard InChI is InChI=1S/C15H20ClNO/c1-2-17-14(4-3-8-16)11-12-5-6-15-13(10-12)7-9-18-15/h5-7,9-10,14,17H,2-4,8,11H2,1H3. The first-order valence-corrected chi connectivity index (χ1v) is 7.12. The lowest BCUT2D eigenvalue weighted by molar-refractivity contribution is 0.487. The van der Waals surface area contributed by atoms with Crippen LogP contribution in [0.4, 0.5) is 0 Å². The summed E-state index contributed by atoms with van der Waals surface area (Å²) in [5.74, 6) is 0.739. The Bertz CT molecular complexity index is 480. The van der Waals surface area contributed by atoms with Crippen molar-refractivity contribution in [3.63, 3.8) is 0 Å². The molecule has 2 rings (SSSR count). The van der Waals surface area contributed by atoms with Crippen LogP contribution in [0.1, 0.15) is 25.3 Å². The molecule has 2 aromatic rings. The van der Waals surface area contributed by atoms with E-state index in [1.165, 1.54) is 10.9 Å². The van der Waals surface area contributed by atoms with Crippen molar-refractivity contribution in [3.8, 4) is 0 Å². The van der Waals surface area contributed by atoms with Gasteiger partial charge in [-0.25, -0.2) is 0 Å². The van der Waals surface area contributed by atoms with Gasteiger partial charge in [-0.1, -0.05) is 13.0 Å². The molecule has 1 N–H and O–H groups in total. The van der Waals surface area contributed by atoms with Gasteiger partial charge in [0.2, 0.25) is 0 Å². The first-order valence-electron chi connectivity index (χ1n) is 6.59. The minimum atomic E-state index is 0.512. The molecule has 0 saturated carbocycles. The Balaban J connectivity index is 2.04. The van der Waals surface area contributed by atoms with E-state index in [2.05, 4.69) is 30.4 Å². The van der Waals surface area contributed by atoms with Crippen LogP contribution in [0, 0.1) is 0 Å². The third kappa shape index (κ3) is 3.50. The Morgan fingerprint density at radius 2 is 2.22 bits per heavy atom. The summed E-state index contributed by atoms with van der Waals surface area (Å²) in [4.78, 5) is 0. The number of fused-ring (bicyclic) bond motifs is 1. The zero-order chi connectivity index (χ0) is 12.8. The maximum Gasteiger partial charge on any atom is 0.133 e. The summed E-state index contributed by atoms with van der Waals surface area (Å²) in [6.07, 6.45) is 4.98. The number of benzene rings is 1. The molecule has 1 atom stereocenters. The van der Waals surface area contributed by atoms with Gasteiger partial charge >= 0.3 is 0 Å². The third-order valence-electron chi connectivity index (χ3n) is 3.18. The zero-order valence-corrected chi connectivity index (χ0v) is 11.5. The molecule has 1 heterocycles. The van der Waals surface area contributed by atoms with Crippen LogP contribution in [0.25, 0.3) is 11.0 Å². The van der Waals surface area contributed by atoms with E-state index in [4.69, 9.17) is 16.0 Å². The number of hydrogen-bond donors (Lipinski definition) is 1. The second-order valence-corrected chi connectivity index (χ2v) is 4.96. The van der Waals surface area contributed by atoms with E-state index in [9.17, 15) is 0 Å². The fourth-order valence-corrected chi connectivity index (χ4v) is 2.47. The molecule has 3 heteroatoms. The maximum atomic E-state index is 5.77. The molecule has 0 radical (unpaired) electrons. The Kier molecular flexibility index (Phi) is 5.09. The van der Waals surface area contributed by atoms with E-state index < -0.39 is 0 Å². The topological polar surface area (TPSA) is 25.2 Å². The van der Waals surface area contributed by atoms with Crippen molar-refractivity contribution in [3.05, 3.63) is 36.1 Å². The average Bonchev–Trinajstić information content (AvgIpc) is 2.83. The number of halogens is 1. The maximum absolute atomic E-state index is 5.77. The van der Waals surface area contributed by atoms with Gasteiger partial charge in [-0.2, -0.15) is 0 Å². The summed E-state index contributed by atoms with van der Waals surface area (Å²) in [7, 11) is 0. The summed E-state index contributed by atoms with van der Waals surface area (Å²) in [6.45, 7) is 3.15. The van der Waals surface area contributed by atoms with Crippen LogP contribution in [-0.4, -0.2) is 18.5 Å². The lowest BCUT2D eigenvalue weighted by Crippen LogP contribution is -2.31. The van der Waals surface area contributed by atoms with Crippen molar-refractivity contribution >= 4 is 22.6 Å². The number of hydrogen-bond acceptors (Lipinski definition) is 2. The van der Waals surface area contributed by atoms with Crippen LogP contribution in [0.3, 0.4) is 0 Å². The molecule has 1 aromatic heterocycles. The highest BCUT2D eigenvalue weighted by atomic mass is 35.5. The number of furan rings is 1. The SMILES string of the molecule is CCNC(CCCCl)Cc1ccc2occc2c1. The van der Waals surface area contributed by atoms with E-state index in [0.717, 1.165) is 37.3 Å². The number of alkyl halides is 1. The fraction of sp³-hybridized carbons (Fsp3) is 0.467. The predicted octanol–water partition coefficient (Wildman–Crippen LogP) is 3.97. The van der Waals surface area contributed by atoms with Crippen LogP contribution in [0.5, 0.6) is 0 Å². The van der Waals surface area contributed by atoms with Gasteiger partial charge in [-0.3, -0.25) is 0 Å². The van der Waals surface area contributed by atoms with Crippen LogP contribution < -0.4 is 5.32 Å². The minimum Gasteiger partial charge on any atom is -0.464 e. The van der Waals surface area contributed by atoms with Crippen molar-refractivity contribution in [1.82, 2.24) is 5.32 Å². The third-order valence-corrected chi connectivity index (χ3v) is 3.45. The van der Waals surface area contributed by atoms with E-state index in [1.807, 2.05) is 6.07 Å². The monoisotopic (exact) mass is 265 g/mol. The quantitative estimate of drug-likeness (QED) is 0.767. The Hall–Kier alpha value is -0.990. The van der Waals surface area contributed by atoms with E-state index in [1.54, 1.807) is 6.26 Å². The highest BCUT2D eigenvalue weighted by molar-refractivity contribution is 6.17. The molecule has 0 saturated heterocycles. The predicted molar refractivity (Wildman–Crippen MR) is 77.3 cm³/mol. The second kappa shape index (κ2) is 6.81. The molecular formula is C15H20ClNO. The minimum absolute atomic E-state index is 0.512. The largest absolute Gasteiger partial charge is 0.464 e. The molecule has 0 bridgehead atoms. The molecule has 0 fully saturated rings. The molecule has 0 aliphatic carbocycles. The van der Waals surface area contributed by atoms with Crippen molar-refractivity contribution in [2.45, 2.75) is 32.2 Å². The number of rotatable bonds is 7. The first-order chi connectivity index (χ1) is 8.83. The van der Waals surface area contributed by atoms with E-state index in [-0.39, 0.29) is 0 Å². The average molecular weight is 266 g/mol. The number of likely N-dealkylation sites (N-methyl/N-ethyl adjacent to an activating group) is 1. The lowest BCUT2D eigenvalue weighted by atomic mass is 10.0. The van der Waals surface area contributed by atoms with Gasteiger partial charge in [0.05, 0.1) is 6.26 Å².